The van der Waals surface area contributed by atoms with Crippen LogP contribution < -0.4 is 10.2 Å². The van der Waals surface area contributed by atoms with Gasteiger partial charge in [-0.25, -0.2) is 23.5 Å². The Balaban J connectivity index is 1.52. The molecular weight excluding hydrogens is 506 g/mol. The summed E-state index contributed by atoms with van der Waals surface area (Å²) in [4.78, 5) is 31.4. The fraction of sp³-hybridized carbons (Fsp3) is 0.520. The van der Waals surface area contributed by atoms with Crippen molar-refractivity contribution in [2.75, 3.05) is 26.1 Å². The summed E-state index contributed by atoms with van der Waals surface area (Å²) in [6.45, 7) is 0.437. The number of rotatable bonds is 9. The lowest BCUT2D eigenvalue weighted by Crippen LogP contribution is -2.45. The molecule has 2 fully saturated rings. The van der Waals surface area contributed by atoms with E-state index in [1.165, 1.54) is 18.4 Å². The highest BCUT2D eigenvalue weighted by Gasteiger charge is 2.49. The van der Waals surface area contributed by atoms with Crippen molar-refractivity contribution < 1.29 is 37.1 Å². The van der Waals surface area contributed by atoms with Crippen molar-refractivity contribution in [2.24, 2.45) is 0 Å². The van der Waals surface area contributed by atoms with Crippen LogP contribution in [0.3, 0.4) is 0 Å². The molecule has 0 radical (unpaired) electrons. The third-order valence-corrected chi connectivity index (χ3v) is 10.5. The molecule has 1 amide bonds. The third-order valence-electron chi connectivity index (χ3n) is 6.41. The normalized spacial score (nSPS) is 23.6. The van der Waals surface area contributed by atoms with Gasteiger partial charge in [-0.1, -0.05) is 6.42 Å². The van der Waals surface area contributed by atoms with E-state index in [1.807, 2.05) is 6.07 Å². The van der Waals surface area contributed by atoms with Crippen LogP contribution in [0.5, 0.6) is 5.75 Å². The first kappa shape index (κ1) is 26.7. The van der Waals surface area contributed by atoms with Gasteiger partial charge in [-0.2, -0.15) is 0 Å². The first-order chi connectivity index (χ1) is 17.3. The highest BCUT2D eigenvalue weighted by Crippen LogP contribution is 2.47. The molecule has 2 aliphatic heterocycles. The van der Waals surface area contributed by atoms with Gasteiger partial charge in [0.15, 0.2) is 16.1 Å². The zero-order chi connectivity index (χ0) is 25.6. The van der Waals surface area contributed by atoms with Gasteiger partial charge in [0.25, 0.3) is 0 Å². The van der Waals surface area contributed by atoms with Crippen molar-refractivity contribution in [1.29, 1.82) is 0 Å². The maximum atomic E-state index is 13.4. The van der Waals surface area contributed by atoms with E-state index in [0.29, 0.717) is 42.9 Å². The minimum absolute atomic E-state index is 0.0433. The Bertz CT molecular complexity index is 1150. The number of hydroxylamine groups is 1. The van der Waals surface area contributed by atoms with Crippen LogP contribution in [-0.4, -0.2) is 52.7 Å². The Hall–Kier alpha value is -2.31. The molecule has 1 aromatic heterocycles. The Morgan fingerprint density at radius 3 is 2.61 bits per heavy atom. The molecule has 0 saturated carbocycles. The van der Waals surface area contributed by atoms with E-state index < -0.39 is 32.8 Å². The number of benzene rings is 1. The average Bonchev–Trinajstić information content (AvgIpc) is 3.36. The molecule has 0 spiro atoms. The molecule has 1 N–H and O–H groups in total. The Labute approximate surface area is 214 Å². The van der Waals surface area contributed by atoms with Crippen molar-refractivity contribution in [1.82, 2.24) is 5.48 Å². The monoisotopic (exact) mass is 537 g/mol. The molecule has 1 unspecified atom stereocenters. The standard InChI is InChI=1S/C25H31NO8S2/c1-31-17-23(28)33-19-9-7-18(8-10-19)20-11-12-21(35-20)25(13-3-5-15-36(25,29)30)16-22(27)26-34-24-6-2-4-14-32-24/h7-12,24H,2-6,13-17H2,1H3,(H,26,27)/t24?,25-/m0/s1. The molecule has 9 nitrogen and oxygen atoms in total. The van der Waals surface area contributed by atoms with Crippen LogP contribution in [0.4, 0.5) is 0 Å². The summed E-state index contributed by atoms with van der Waals surface area (Å²) in [5, 5.41) is 0. The molecule has 196 valence electrons. The summed E-state index contributed by atoms with van der Waals surface area (Å²) >= 11 is 1.36. The molecule has 3 heterocycles. The fourth-order valence-electron chi connectivity index (χ4n) is 4.55. The van der Waals surface area contributed by atoms with Crippen molar-refractivity contribution in [2.45, 2.75) is 56.0 Å². The first-order valence-corrected chi connectivity index (χ1v) is 14.5. The molecule has 2 aliphatic rings. The summed E-state index contributed by atoms with van der Waals surface area (Å²) in [6, 6.07) is 10.6. The predicted molar refractivity (Wildman–Crippen MR) is 134 cm³/mol. The van der Waals surface area contributed by atoms with E-state index >= 15 is 0 Å². The van der Waals surface area contributed by atoms with E-state index in [2.05, 4.69) is 5.48 Å². The molecule has 2 aromatic rings. The second kappa shape index (κ2) is 11.8. The maximum absolute atomic E-state index is 13.4. The maximum Gasteiger partial charge on any atom is 0.337 e. The Kier molecular flexibility index (Phi) is 8.78. The first-order valence-electron chi connectivity index (χ1n) is 12.0. The van der Waals surface area contributed by atoms with Gasteiger partial charge in [0, 0.05) is 29.9 Å². The smallest absolute Gasteiger partial charge is 0.337 e. The van der Waals surface area contributed by atoms with E-state index in [9.17, 15) is 18.0 Å². The molecule has 36 heavy (non-hydrogen) atoms. The van der Waals surface area contributed by atoms with Crippen molar-refractivity contribution >= 4 is 33.1 Å². The van der Waals surface area contributed by atoms with Crippen LogP contribution in [-0.2, 0) is 38.5 Å². The number of ether oxygens (including phenoxy) is 3. The van der Waals surface area contributed by atoms with Crippen molar-refractivity contribution in [3.63, 3.8) is 0 Å². The minimum Gasteiger partial charge on any atom is -0.425 e. The second-order valence-corrected chi connectivity index (χ2v) is 12.5. The molecule has 11 heteroatoms. The number of thiophene rings is 1. The predicted octanol–water partition coefficient (Wildman–Crippen LogP) is 3.73. The Morgan fingerprint density at radius 1 is 1.11 bits per heavy atom. The van der Waals surface area contributed by atoms with E-state index in [1.54, 1.807) is 30.3 Å². The molecule has 2 saturated heterocycles. The number of methoxy groups -OCH3 is 1. The second-order valence-electron chi connectivity index (χ2n) is 8.98. The number of esters is 1. The summed E-state index contributed by atoms with van der Waals surface area (Å²) in [5.41, 5.74) is 3.28. The summed E-state index contributed by atoms with van der Waals surface area (Å²) in [6.07, 6.45) is 3.54. The summed E-state index contributed by atoms with van der Waals surface area (Å²) in [5.74, 6) is -0.540. The van der Waals surface area contributed by atoms with Crippen LogP contribution in [0.1, 0.15) is 49.8 Å². The van der Waals surface area contributed by atoms with Crippen LogP contribution in [0, 0.1) is 0 Å². The Morgan fingerprint density at radius 2 is 1.92 bits per heavy atom. The number of hydrogen-bond donors (Lipinski definition) is 1. The molecule has 1 aromatic carbocycles. The fourth-order valence-corrected chi connectivity index (χ4v) is 8.34. The minimum atomic E-state index is -3.58. The molecular formula is C25H31NO8S2. The quantitative estimate of drug-likeness (QED) is 0.292. The molecule has 0 aliphatic carbocycles. The molecule has 4 rings (SSSR count). The molecule has 0 bridgehead atoms. The van der Waals surface area contributed by atoms with E-state index in [-0.39, 0.29) is 18.8 Å². The highest BCUT2D eigenvalue weighted by molar-refractivity contribution is 7.92. The lowest BCUT2D eigenvalue weighted by atomic mass is 9.94. The number of nitrogens with one attached hydrogen (secondary N) is 1. The van der Waals surface area contributed by atoms with Gasteiger partial charge in [-0.3, -0.25) is 4.79 Å². The number of sulfone groups is 1. The topological polar surface area (TPSA) is 117 Å². The highest BCUT2D eigenvalue weighted by atomic mass is 32.2. The SMILES string of the molecule is COCC(=O)Oc1ccc(-c2ccc([C@@]3(CC(=O)NOC4CCCCO4)CCCCS3(=O)=O)s2)cc1. The number of carbonyl (C=O) groups is 2. The van der Waals surface area contributed by atoms with Gasteiger partial charge < -0.3 is 14.2 Å². The average molecular weight is 538 g/mol. The van der Waals surface area contributed by atoms with Crippen LogP contribution in [0.25, 0.3) is 10.4 Å². The number of carbonyl (C=O) groups excluding carboxylic acids is 2. The van der Waals surface area contributed by atoms with Crippen LogP contribution in [0.2, 0.25) is 0 Å². The molecule has 2 atom stereocenters. The van der Waals surface area contributed by atoms with Gasteiger partial charge >= 0.3 is 5.97 Å². The van der Waals surface area contributed by atoms with Crippen LogP contribution >= 0.6 is 11.3 Å². The van der Waals surface area contributed by atoms with Crippen molar-refractivity contribution in [3.05, 3.63) is 41.3 Å². The summed E-state index contributed by atoms with van der Waals surface area (Å²) in [7, 11) is -2.16. The van der Waals surface area contributed by atoms with Gasteiger partial charge in [0.1, 0.15) is 17.1 Å². The largest absolute Gasteiger partial charge is 0.425 e. The summed E-state index contributed by atoms with van der Waals surface area (Å²) < 4.78 is 40.9. The van der Waals surface area contributed by atoms with Crippen LogP contribution in [0.15, 0.2) is 36.4 Å². The van der Waals surface area contributed by atoms with Gasteiger partial charge in [0.2, 0.25) is 5.91 Å². The van der Waals surface area contributed by atoms with Gasteiger partial charge in [-0.05, 0) is 67.6 Å². The zero-order valence-electron chi connectivity index (χ0n) is 20.2. The van der Waals surface area contributed by atoms with E-state index in [0.717, 1.165) is 23.3 Å². The third kappa shape index (κ3) is 6.15. The number of amides is 1. The number of hydrogen-bond acceptors (Lipinski definition) is 9. The zero-order valence-corrected chi connectivity index (χ0v) is 21.8. The van der Waals surface area contributed by atoms with Gasteiger partial charge in [-0.15, -0.1) is 11.3 Å². The van der Waals surface area contributed by atoms with E-state index in [4.69, 9.17) is 19.0 Å². The lowest BCUT2D eigenvalue weighted by molar-refractivity contribution is -0.200. The van der Waals surface area contributed by atoms with Crippen molar-refractivity contribution in [3.8, 4) is 16.2 Å². The van der Waals surface area contributed by atoms with Gasteiger partial charge in [0.05, 0.1) is 12.2 Å². The lowest BCUT2D eigenvalue weighted by Gasteiger charge is -2.35.